The summed E-state index contributed by atoms with van der Waals surface area (Å²) in [7, 11) is 0. The average Bonchev–Trinajstić information content (AvgIpc) is 2.82. The third-order valence-corrected chi connectivity index (χ3v) is 6.66. The molecule has 0 spiro atoms. The zero-order chi connectivity index (χ0) is 23.2. The number of para-hydroxylation sites is 1. The summed E-state index contributed by atoms with van der Waals surface area (Å²) in [4.78, 5) is 4.56. The maximum atomic E-state index is 10.7. The van der Waals surface area contributed by atoms with Crippen LogP contribution < -0.4 is 4.90 Å². The largest absolute Gasteiger partial charge is 0.389 e. The summed E-state index contributed by atoms with van der Waals surface area (Å²) in [5.41, 5.74) is 3.01. The molecule has 0 saturated carbocycles. The summed E-state index contributed by atoms with van der Waals surface area (Å²) in [6, 6.07) is 23.1. The highest BCUT2D eigenvalue weighted by atomic mass is 35.5. The third-order valence-electron chi connectivity index (χ3n) is 5.84. The van der Waals surface area contributed by atoms with Crippen molar-refractivity contribution < 1.29 is 9.84 Å². The van der Waals surface area contributed by atoms with E-state index in [0.717, 1.165) is 48.0 Å². The molecule has 0 aromatic heterocycles. The summed E-state index contributed by atoms with van der Waals surface area (Å²) >= 11 is 18.5. The molecule has 4 nitrogen and oxygen atoms in total. The maximum Gasteiger partial charge on any atom is 0.108 e. The Morgan fingerprint density at radius 3 is 1.85 bits per heavy atom. The molecule has 1 saturated heterocycles. The highest BCUT2D eigenvalue weighted by Gasteiger charge is 2.22. The van der Waals surface area contributed by atoms with Gasteiger partial charge in [0.25, 0.3) is 0 Å². The number of anilines is 1. The summed E-state index contributed by atoms with van der Waals surface area (Å²) in [6.45, 7) is 4.25. The van der Waals surface area contributed by atoms with Gasteiger partial charge in [0.15, 0.2) is 0 Å². The van der Waals surface area contributed by atoms with Crippen molar-refractivity contribution >= 4 is 40.5 Å². The topological polar surface area (TPSA) is 35.9 Å². The van der Waals surface area contributed by atoms with Crippen molar-refractivity contribution in [1.82, 2.24) is 4.90 Å². The van der Waals surface area contributed by atoms with E-state index in [0.29, 0.717) is 16.6 Å². The van der Waals surface area contributed by atoms with Crippen LogP contribution in [0, 0.1) is 0 Å². The predicted molar refractivity (Wildman–Crippen MR) is 137 cm³/mol. The van der Waals surface area contributed by atoms with Gasteiger partial charge in [-0.2, -0.15) is 0 Å². The van der Waals surface area contributed by atoms with Crippen LogP contribution in [0.15, 0.2) is 72.8 Å². The van der Waals surface area contributed by atoms with Crippen molar-refractivity contribution in [1.29, 1.82) is 0 Å². The van der Waals surface area contributed by atoms with Crippen LogP contribution in [0.5, 0.6) is 0 Å². The van der Waals surface area contributed by atoms with E-state index in [9.17, 15) is 5.11 Å². The molecule has 174 valence electrons. The van der Waals surface area contributed by atoms with Gasteiger partial charge in [0.05, 0.1) is 23.4 Å². The lowest BCUT2D eigenvalue weighted by Gasteiger charge is -2.37. The first-order valence-corrected chi connectivity index (χ1v) is 12.2. The fourth-order valence-corrected chi connectivity index (χ4v) is 4.60. The highest BCUT2D eigenvalue weighted by Crippen LogP contribution is 2.29. The molecule has 3 aromatic carbocycles. The summed E-state index contributed by atoms with van der Waals surface area (Å²) in [5, 5.41) is 12.8. The van der Waals surface area contributed by atoms with Crippen LogP contribution in [0.25, 0.3) is 0 Å². The summed E-state index contributed by atoms with van der Waals surface area (Å²) in [5.74, 6) is 0. The second kappa shape index (κ2) is 11.6. The fraction of sp³-hybridized carbons (Fsp3) is 0.308. The number of ether oxygens (including phenoxy) is 1. The zero-order valence-corrected chi connectivity index (χ0v) is 20.5. The van der Waals surface area contributed by atoms with Gasteiger partial charge in [0.1, 0.15) is 6.10 Å². The van der Waals surface area contributed by atoms with Crippen molar-refractivity contribution in [3.8, 4) is 0 Å². The molecule has 33 heavy (non-hydrogen) atoms. The van der Waals surface area contributed by atoms with E-state index in [4.69, 9.17) is 39.5 Å². The van der Waals surface area contributed by atoms with Crippen molar-refractivity contribution in [2.45, 2.75) is 12.2 Å². The van der Waals surface area contributed by atoms with Gasteiger partial charge in [0.2, 0.25) is 0 Å². The van der Waals surface area contributed by atoms with Gasteiger partial charge in [0, 0.05) is 42.8 Å². The molecule has 7 heteroatoms. The van der Waals surface area contributed by atoms with Crippen molar-refractivity contribution in [2.24, 2.45) is 0 Å². The Bertz CT molecular complexity index is 977. The van der Waals surface area contributed by atoms with Crippen molar-refractivity contribution in [3.05, 3.63) is 99.0 Å². The number of nitrogens with zero attached hydrogens (tertiary/aromatic N) is 2. The maximum absolute atomic E-state index is 10.7. The van der Waals surface area contributed by atoms with Gasteiger partial charge in [-0.05, 0) is 47.5 Å². The minimum atomic E-state index is -0.598. The number of β-amino-alcohol motifs (C(OH)–C–C–N with tert-alkyl or cyclic N) is 1. The van der Waals surface area contributed by atoms with E-state index in [1.165, 1.54) is 0 Å². The number of halogens is 3. The van der Waals surface area contributed by atoms with Crippen molar-refractivity contribution in [2.75, 3.05) is 44.2 Å². The van der Waals surface area contributed by atoms with Crippen molar-refractivity contribution in [3.63, 3.8) is 0 Å². The molecular weight excluding hydrogens is 479 g/mol. The Morgan fingerprint density at radius 2 is 1.30 bits per heavy atom. The molecule has 0 radical (unpaired) electrons. The van der Waals surface area contributed by atoms with Crippen LogP contribution in [-0.4, -0.2) is 55.4 Å². The molecule has 3 aromatic rings. The molecular formula is C26H27Cl3N2O2. The van der Waals surface area contributed by atoms with Gasteiger partial charge in [-0.15, -0.1) is 0 Å². The summed E-state index contributed by atoms with van der Waals surface area (Å²) in [6.07, 6.45) is -0.912. The van der Waals surface area contributed by atoms with Gasteiger partial charge in [-0.25, -0.2) is 0 Å². The Labute approximate surface area is 210 Å². The molecule has 0 aliphatic carbocycles. The minimum Gasteiger partial charge on any atom is -0.389 e. The van der Waals surface area contributed by atoms with E-state index in [2.05, 4.69) is 9.80 Å². The molecule has 1 aliphatic rings. The predicted octanol–water partition coefficient (Wildman–Crippen LogP) is 5.94. The lowest BCUT2D eigenvalue weighted by molar-refractivity contribution is -0.00893. The van der Waals surface area contributed by atoms with Gasteiger partial charge in [-0.3, -0.25) is 4.90 Å². The zero-order valence-electron chi connectivity index (χ0n) is 18.2. The van der Waals surface area contributed by atoms with Gasteiger partial charge in [-0.1, -0.05) is 71.2 Å². The third kappa shape index (κ3) is 6.63. The van der Waals surface area contributed by atoms with Gasteiger partial charge < -0.3 is 14.7 Å². The lowest BCUT2D eigenvalue weighted by Crippen LogP contribution is -2.49. The first-order chi connectivity index (χ1) is 16.0. The molecule has 1 atom stereocenters. The molecule has 1 aliphatic heterocycles. The van der Waals surface area contributed by atoms with Crippen LogP contribution >= 0.6 is 34.8 Å². The Morgan fingerprint density at radius 1 is 0.758 bits per heavy atom. The quantitative estimate of drug-likeness (QED) is 0.411. The van der Waals surface area contributed by atoms with E-state index < -0.39 is 6.10 Å². The Kier molecular flexibility index (Phi) is 8.53. The monoisotopic (exact) mass is 504 g/mol. The SMILES string of the molecule is OC(COC(c1ccc(Cl)cc1)c1ccc(Cl)cc1)CN1CCN(c2ccccc2Cl)CC1. The normalized spacial score (nSPS) is 15.7. The number of piperazine rings is 1. The fourth-order valence-electron chi connectivity index (χ4n) is 4.10. The van der Waals surface area contributed by atoms with E-state index >= 15 is 0 Å². The number of hydrogen-bond acceptors (Lipinski definition) is 4. The molecule has 1 unspecified atom stereocenters. The molecule has 4 rings (SSSR count). The highest BCUT2D eigenvalue weighted by molar-refractivity contribution is 6.33. The van der Waals surface area contributed by atoms with E-state index in [1.807, 2.05) is 72.8 Å². The lowest BCUT2D eigenvalue weighted by atomic mass is 10.0. The first-order valence-electron chi connectivity index (χ1n) is 11.0. The number of benzene rings is 3. The average molecular weight is 506 g/mol. The van der Waals surface area contributed by atoms with Crippen LogP contribution in [0.3, 0.4) is 0 Å². The van der Waals surface area contributed by atoms with Gasteiger partial charge >= 0.3 is 0 Å². The standard InChI is InChI=1S/C26H27Cl3N2O2/c27-21-9-5-19(6-10-21)26(20-7-11-22(28)12-8-20)33-18-23(32)17-30-13-15-31(16-14-30)25-4-2-1-3-24(25)29/h1-12,23,26,32H,13-18H2. The van der Waals surface area contributed by atoms with Crippen LogP contribution in [0.4, 0.5) is 5.69 Å². The van der Waals surface area contributed by atoms with E-state index in [-0.39, 0.29) is 12.7 Å². The van der Waals surface area contributed by atoms with E-state index in [1.54, 1.807) is 0 Å². The van der Waals surface area contributed by atoms with Crippen LogP contribution in [0.1, 0.15) is 17.2 Å². The number of hydrogen-bond donors (Lipinski definition) is 1. The second-order valence-corrected chi connectivity index (χ2v) is 9.49. The molecule has 0 amide bonds. The Hall–Kier alpha value is -1.79. The first kappa shape index (κ1) is 24.3. The summed E-state index contributed by atoms with van der Waals surface area (Å²) < 4.78 is 6.21. The number of aliphatic hydroxyl groups is 1. The molecule has 1 N–H and O–H groups in total. The molecule has 1 heterocycles. The van der Waals surface area contributed by atoms with Crippen LogP contribution in [0.2, 0.25) is 15.1 Å². The smallest absolute Gasteiger partial charge is 0.108 e. The number of rotatable bonds is 8. The Balaban J connectivity index is 1.33. The molecule has 0 bridgehead atoms. The second-order valence-electron chi connectivity index (χ2n) is 8.21. The number of aliphatic hydroxyl groups excluding tert-OH is 1. The molecule has 1 fully saturated rings. The van der Waals surface area contributed by atoms with Crippen LogP contribution in [-0.2, 0) is 4.74 Å². The minimum absolute atomic E-state index is 0.223.